The smallest absolute Gasteiger partial charge is 0.255 e. The Morgan fingerprint density at radius 1 is 0.931 bits per heavy atom. The fourth-order valence-electron chi connectivity index (χ4n) is 3.77. The second-order valence-electron chi connectivity index (χ2n) is 7.28. The van der Waals surface area contributed by atoms with Crippen LogP contribution < -0.4 is 16.0 Å². The first-order chi connectivity index (χ1) is 14.1. The van der Waals surface area contributed by atoms with Crippen molar-refractivity contribution in [2.75, 3.05) is 23.3 Å². The van der Waals surface area contributed by atoms with Crippen molar-refractivity contribution < 1.29 is 9.59 Å². The molecule has 29 heavy (non-hydrogen) atoms. The van der Waals surface area contributed by atoms with E-state index in [1.165, 1.54) is 0 Å². The third-order valence-corrected chi connectivity index (χ3v) is 5.40. The van der Waals surface area contributed by atoms with Crippen molar-refractivity contribution in [2.45, 2.75) is 12.8 Å². The summed E-state index contributed by atoms with van der Waals surface area (Å²) in [4.78, 5) is 26.5. The highest BCUT2D eigenvalue weighted by Crippen LogP contribution is 2.30. The number of anilines is 2. The van der Waals surface area contributed by atoms with Crippen molar-refractivity contribution in [3.8, 4) is 5.69 Å². The molecule has 0 spiro atoms. The van der Waals surface area contributed by atoms with Crippen molar-refractivity contribution in [2.24, 2.45) is 11.7 Å². The molecule has 2 heterocycles. The van der Waals surface area contributed by atoms with E-state index in [4.69, 9.17) is 5.73 Å². The van der Waals surface area contributed by atoms with Gasteiger partial charge in [0.15, 0.2) is 0 Å². The maximum absolute atomic E-state index is 12.9. The predicted octanol–water partition coefficient (Wildman–Crippen LogP) is 3.43. The van der Waals surface area contributed by atoms with E-state index >= 15 is 0 Å². The summed E-state index contributed by atoms with van der Waals surface area (Å²) < 4.78 is 1.97. The molecule has 3 N–H and O–H groups in total. The highest BCUT2D eigenvalue weighted by Gasteiger charge is 2.24. The van der Waals surface area contributed by atoms with Gasteiger partial charge in [0.2, 0.25) is 5.91 Å². The van der Waals surface area contributed by atoms with Crippen LogP contribution in [-0.2, 0) is 4.79 Å². The zero-order valence-corrected chi connectivity index (χ0v) is 16.1. The Hall–Kier alpha value is -3.54. The summed E-state index contributed by atoms with van der Waals surface area (Å²) >= 11 is 0. The lowest BCUT2D eigenvalue weighted by Gasteiger charge is -2.33. The van der Waals surface area contributed by atoms with Gasteiger partial charge in [-0.2, -0.15) is 0 Å². The van der Waals surface area contributed by atoms with Crippen LogP contribution in [-0.4, -0.2) is 29.5 Å². The molecule has 0 unspecified atom stereocenters. The Morgan fingerprint density at radius 3 is 2.38 bits per heavy atom. The molecule has 6 nitrogen and oxygen atoms in total. The van der Waals surface area contributed by atoms with Crippen LogP contribution in [0.3, 0.4) is 0 Å². The summed E-state index contributed by atoms with van der Waals surface area (Å²) in [6, 6.07) is 19.2. The average Bonchev–Trinajstić information content (AvgIpc) is 3.29. The summed E-state index contributed by atoms with van der Waals surface area (Å²) in [7, 11) is 0. The van der Waals surface area contributed by atoms with Crippen molar-refractivity contribution in [3.05, 3.63) is 78.6 Å². The Kier molecular flexibility index (Phi) is 5.33. The Morgan fingerprint density at radius 2 is 1.66 bits per heavy atom. The van der Waals surface area contributed by atoms with Crippen LogP contribution in [0.4, 0.5) is 11.4 Å². The fraction of sp³-hybridized carbons (Fsp3) is 0.217. The number of primary amides is 1. The molecule has 0 atom stereocenters. The highest BCUT2D eigenvalue weighted by atomic mass is 16.2. The SMILES string of the molecule is NC(=O)C1CCN(c2ccccc2NC(=O)c2cccc(-n3cccc3)c2)CC1. The van der Waals surface area contributed by atoms with Crippen molar-refractivity contribution in [3.63, 3.8) is 0 Å². The van der Waals surface area contributed by atoms with E-state index in [1.807, 2.05) is 77.6 Å². The molecule has 6 heteroatoms. The van der Waals surface area contributed by atoms with E-state index in [-0.39, 0.29) is 17.7 Å². The van der Waals surface area contributed by atoms with Gasteiger partial charge in [-0.3, -0.25) is 9.59 Å². The summed E-state index contributed by atoms with van der Waals surface area (Å²) in [5.74, 6) is -0.447. The van der Waals surface area contributed by atoms with E-state index in [0.717, 1.165) is 43.0 Å². The standard InChI is InChI=1S/C23H24N4O2/c24-22(28)17-10-14-27(15-11-17)21-9-2-1-8-20(21)25-23(29)18-6-5-7-19(16-18)26-12-3-4-13-26/h1-9,12-13,16-17H,10-11,14-15H2,(H2,24,28)(H,25,29). The minimum atomic E-state index is -0.228. The zero-order chi connectivity index (χ0) is 20.2. The molecule has 4 rings (SSSR count). The topological polar surface area (TPSA) is 80.4 Å². The maximum Gasteiger partial charge on any atom is 0.255 e. The number of nitrogens with zero attached hydrogens (tertiary/aromatic N) is 2. The number of nitrogens with two attached hydrogens (primary N) is 1. The average molecular weight is 388 g/mol. The van der Waals surface area contributed by atoms with Gasteiger partial charge in [0.25, 0.3) is 5.91 Å². The highest BCUT2D eigenvalue weighted by molar-refractivity contribution is 6.06. The van der Waals surface area contributed by atoms with Crippen LogP contribution in [0.2, 0.25) is 0 Å². The van der Waals surface area contributed by atoms with Crippen LogP contribution in [0.1, 0.15) is 23.2 Å². The number of rotatable bonds is 5. The fourth-order valence-corrected chi connectivity index (χ4v) is 3.77. The molecule has 0 radical (unpaired) electrons. The summed E-state index contributed by atoms with van der Waals surface area (Å²) in [5.41, 5.74) is 8.70. The molecule has 148 valence electrons. The molecule has 2 aromatic carbocycles. The van der Waals surface area contributed by atoms with Gasteiger partial charge in [-0.1, -0.05) is 18.2 Å². The van der Waals surface area contributed by atoms with Crippen LogP contribution in [0.25, 0.3) is 5.69 Å². The number of aromatic nitrogens is 1. The number of benzene rings is 2. The molecule has 1 saturated heterocycles. The van der Waals surface area contributed by atoms with Crippen molar-refractivity contribution in [1.29, 1.82) is 0 Å². The number of amides is 2. The first-order valence-electron chi connectivity index (χ1n) is 9.80. The maximum atomic E-state index is 12.9. The first kappa shape index (κ1) is 18.8. The zero-order valence-electron chi connectivity index (χ0n) is 16.1. The normalized spacial score (nSPS) is 14.6. The number of hydrogen-bond acceptors (Lipinski definition) is 3. The predicted molar refractivity (Wildman–Crippen MR) is 114 cm³/mol. The number of carbonyl (C=O) groups excluding carboxylic acids is 2. The van der Waals surface area contributed by atoms with Crippen LogP contribution >= 0.6 is 0 Å². The van der Waals surface area contributed by atoms with Gasteiger partial charge in [0.1, 0.15) is 0 Å². The van der Waals surface area contributed by atoms with Gasteiger partial charge in [0, 0.05) is 42.7 Å². The second-order valence-corrected chi connectivity index (χ2v) is 7.28. The quantitative estimate of drug-likeness (QED) is 0.703. The summed E-state index contributed by atoms with van der Waals surface area (Å²) in [6.45, 7) is 1.48. The van der Waals surface area contributed by atoms with Gasteiger partial charge in [-0.15, -0.1) is 0 Å². The molecule has 0 saturated carbocycles. The van der Waals surface area contributed by atoms with Gasteiger partial charge < -0.3 is 20.5 Å². The van der Waals surface area contributed by atoms with E-state index in [9.17, 15) is 9.59 Å². The molecule has 3 aromatic rings. The molecular formula is C23H24N4O2. The lowest BCUT2D eigenvalue weighted by molar-refractivity contribution is -0.122. The minimum Gasteiger partial charge on any atom is -0.370 e. The van der Waals surface area contributed by atoms with Gasteiger partial charge >= 0.3 is 0 Å². The first-order valence-corrected chi connectivity index (χ1v) is 9.80. The number of para-hydroxylation sites is 2. The number of nitrogens with one attached hydrogen (secondary N) is 1. The van der Waals surface area contributed by atoms with Crippen LogP contribution in [0.15, 0.2) is 73.1 Å². The molecule has 2 amide bonds. The van der Waals surface area contributed by atoms with E-state index in [2.05, 4.69) is 10.2 Å². The van der Waals surface area contributed by atoms with Crippen molar-refractivity contribution in [1.82, 2.24) is 4.57 Å². The summed E-state index contributed by atoms with van der Waals surface area (Å²) in [6.07, 6.45) is 5.36. The molecule has 1 fully saturated rings. The monoisotopic (exact) mass is 388 g/mol. The molecular weight excluding hydrogens is 364 g/mol. The third-order valence-electron chi connectivity index (χ3n) is 5.40. The van der Waals surface area contributed by atoms with Gasteiger partial charge in [-0.25, -0.2) is 0 Å². The molecule has 1 aliphatic heterocycles. The Bertz CT molecular complexity index is 1010. The summed E-state index contributed by atoms with van der Waals surface area (Å²) in [5, 5.41) is 3.05. The third kappa shape index (κ3) is 4.16. The van der Waals surface area contributed by atoms with Crippen LogP contribution in [0, 0.1) is 5.92 Å². The van der Waals surface area contributed by atoms with Crippen LogP contribution in [0.5, 0.6) is 0 Å². The molecule has 1 aromatic heterocycles. The van der Waals surface area contributed by atoms with E-state index in [0.29, 0.717) is 5.56 Å². The van der Waals surface area contributed by atoms with E-state index < -0.39 is 0 Å². The van der Waals surface area contributed by atoms with E-state index in [1.54, 1.807) is 0 Å². The lowest BCUT2D eigenvalue weighted by atomic mass is 9.96. The van der Waals surface area contributed by atoms with Crippen molar-refractivity contribution >= 4 is 23.2 Å². The lowest BCUT2D eigenvalue weighted by Crippen LogP contribution is -2.38. The molecule has 0 bridgehead atoms. The Labute approximate surface area is 169 Å². The number of piperidine rings is 1. The molecule has 1 aliphatic rings. The minimum absolute atomic E-state index is 0.0653. The largest absolute Gasteiger partial charge is 0.370 e. The second kappa shape index (κ2) is 8.22. The number of carbonyl (C=O) groups is 2. The number of hydrogen-bond donors (Lipinski definition) is 2. The van der Waals surface area contributed by atoms with Gasteiger partial charge in [0.05, 0.1) is 11.4 Å². The molecule has 0 aliphatic carbocycles. The van der Waals surface area contributed by atoms with Gasteiger partial charge in [-0.05, 0) is 55.3 Å². The Balaban J connectivity index is 1.51.